The minimum Gasteiger partial charge on any atom is -0.497 e. The van der Waals surface area contributed by atoms with Crippen LogP contribution in [0.15, 0.2) is 24.3 Å². The van der Waals surface area contributed by atoms with Crippen molar-refractivity contribution in [2.45, 2.75) is 51.9 Å². The number of rotatable bonds is 6. The van der Waals surface area contributed by atoms with E-state index in [1.807, 2.05) is 18.2 Å². The maximum atomic E-state index is 12.5. The molecule has 0 radical (unpaired) electrons. The lowest BCUT2D eigenvalue weighted by Gasteiger charge is -2.32. The first-order chi connectivity index (χ1) is 14.2. The number of likely N-dealkylation sites (tertiary alicyclic amines) is 1. The lowest BCUT2D eigenvalue weighted by atomic mass is 10.0. The van der Waals surface area contributed by atoms with Crippen molar-refractivity contribution >= 4 is 5.91 Å². The van der Waals surface area contributed by atoms with E-state index in [4.69, 9.17) is 14.6 Å². The van der Waals surface area contributed by atoms with Gasteiger partial charge in [0.05, 0.1) is 26.0 Å². The topological polar surface area (TPSA) is 68.6 Å². The molecular weight excluding hydrogens is 368 g/mol. The van der Waals surface area contributed by atoms with E-state index in [9.17, 15) is 4.79 Å². The van der Waals surface area contributed by atoms with Crippen LogP contribution in [-0.4, -0.2) is 53.4 Å². The van der Waals surface area contributed by atoms with Crippen molar-refractivity contribution < 1.29 is 14.3 Å². The van der Waals surface area contributed by atoms with Crippen LogP contribution in [0.1, 0.15) is 47.1 Å². The van der Waals surface area contributed by atoms with E-state index in [2.05, 4.69) is 21.8 Å². The number of nitrogens with zero attached hydrogens (tertiary/aromatic N) is 3. The fourth-order valence-electron chi connectivity index (χ4n) is 4.25. The number of benzene rings is 1. The van der Waals surface area contributed by atoms with Gasteiger partial charge < -0.3 is 14.8 Å². The number of methoxy groups -OCH3 is 1. The van der Waals surface area contributed by atoms with Crippen molar-refractivity contribution in [3.8, 4) is 5.75 Å². The molecule has 2 aromatic rings. The molecule has 1 N–H and O–H groups in total. The van der Waals surface area contributed by atoms with Gasteiger partial charge in [-0.05, 0) is 38.0 Å². The molecule has 7 nitrogen and oxygen atoms in total. The number of aromatic nitrogens is 2. The van der Waals surface area contributed by atoms with Crippen LogP contribution in [0.3, 0.4) is 0 Å². The Bertz CT molecular complexity index is 856. The lowest BCUT2D eigenvalue weighted by Crippen LogP contribution is -2.44. The van der Waals surface area contributed by atoms with Gasteiger partial charge in [-0.2, -0.15) is 5.10 Å². The first-order valence-corrected chi connectivity index (χ1v) is 10.5. The highest BCUT2D eigenvalue weighted by Crippen LogP contribution is 2.23. The third-order valence-corrected chi connectivity index (χ3v) is 5.91. The fourth-order valence-corrected chi connectivity index (χ4v) is 4.25. The summed E-state index contributed by atoms with van der Waals surface area (Å²) < 4.78 is 13.0. The van der Waals surface area contributed by atoms with Crippen molar-refractivity contribution in [2.24, 2.45) is 0 Å². The smallest absolute Gasteiger partial charge is 0.251 e. The summed E-state index contributed by atoms with van der Waals surface area (Å²) >= 11 is 0. The number of ether oxygens (including phenoxy) is 2. The van der Waals surface area contributed by atoms with Gasteiger partial charge in [0.1, 0.15) is 5.75 Å². The Labute approximate surface area is 172 Å². The molecule has 1 saturated heterocycles. The maximum absolute atomic E-state index is 12.5. The minimum atomic E-state index is -0.0322. The molecule has 29 heavy (non-hydrogen) atoms. The molecule has 0 unspecified atom stereocenters. The second-order valence-corrected chi connectivity index (χ2v) is 7.75. The third kappa shape index (κ3) is 4.46. The maximum Gasteiger partial charge on any atom is 0.251 e. The Balaban J connectivity index is 1.32. The molecule has 1 amide bonds. The van der Waals surface area contributed by atoms with Crippen molar-refractivity contribution in [3.05, 3.63) is 46.8 Å². The molecule has 7 heteroatoms. The number of hydrogen-bond donors (Lipinski definition) is 1. The summed E-state index contributed by atoms with van der Waals surface area (Å²) in [4.78, 5) is 15.0. The monoisotopic (exact) mass is 398 g/mol. The summed E-state index contributed by atoms with van der Waals surface area (Å²) in [5.74, 6) is 0.668. The Morgan fingerprint density at radius 1 is 1.34 bits per heavy atom. The minimum absolute atomic E-state index is 0.0322. The van der Waals surface area contributed by atoms with Gasteiger partial charge in [-0.1, -0.05) is 6.07 Å². The molecule has 1 fully saturated rings. The number of aryl methyl sites for hydroxylation is 1. The second kappa shape index (κ2) is 8.97. The van der Waals surface area contributed by atoms with Gasteiger partial charge in [0.15, 0.2) is 0 Å². The van der Waals surface area contributed by atoms with Crippen molar-refractivity contribution in [2.75, 3.05) is 26.8 Å². The SMILES string of the molecule is CCn1nc(CN2CCC(NC(=O)c3cccc(OC)c3)CC2)c2c1CCOC2. The van der Waals surface area contributed by atoms with Crippen LogP contribution < -0.4 is 10.1 Å². The van der Waals surface area contributed by atoms with Crippen LogP contribution in [0.5, 0.6) is 5.75 Å². The number of carbonyl (C=O) groups excluding carboxylic acids is 1. The van der Waals surface area contributed by atoms with E-state index in [0.717, 1.165) is 57.7 Å². The van der Waals surface area contributed by atoms with Crippen LogP contribution in [0.2, 0.25) is 0 Å². The predicted molar refractivity (Wildman–Crippen MR) is 110 cm³/mol. The number of fused-ring (bicyclic) bond motifs is 1. The van der Waals surface area contributed by atoms with Gasteiger partial charge in [0.25, 0.3) is 5.91 Å². The standard InChI is InChI=1S/C22H30N4O3/c1-3-26-21-9-12-29-15-19(21)20(24-26)14-25-10-7-17(8-11-25)23-22(27)16-5-4-6-18(13-16)28-2/h4-6,13,17H,3,7-12,14-15H2,1-2H3,(H,23,27). The highest BCUT2D eigenvalue weighted by molar-refractivity contribution is 5.94. The Kier molecular flexibility index (Phi) is 6.16. The zero-order valence-corrected chi connectivity index (χ0v) is 17.3. The third-order valence-electron chi connectivity index (χ3n) is 5.91. The quantitative estimate of drug-likeness (QED) is 0.809. The highest BCUT2D eigenvalue weighted by Gasteiger charge is 2.25. The Hall–Kier alpha value is -2.38. The number of hydrogen-bond acceptors (Lipinski definition) is 5. The normalized spacial score (nSPS) is 17.7. The molecule has 2 aliphatic heterocycles. The predicted octanol–water partition coefficient (Wildman–Crippen LogP) is 2.38. The van der Waals surface area contributed by atoms with Gasteiger partial charge in [-0.25, -0.2) is 0 Å². The Morgan fingerprint density at radius 3 is 2.93 bits per heavy atom. The highest BCUT2D eigenvalue weighted by atomic mass is 16.5. The zero-order chi connectivity index (χ0) is 20.2. The summed E-state index contributed by atoms with van der Waals surface area (Å²) in [5.41, 5.74) is 4.42. The second-order valence-electron chi connectivity index (χ2n) is 7.75. The number of piperidine rings is 1. The van der Waals surface area contributed by atoms with Crippen molar-refractivity contribution in [1.82, 2.24) is 20.0 Å². The molecule has 4 rings (SSSR count). The summed E-state index contributed by atoms with van der Waals surface area (Å²) in [6.45, 7) is 7.28. The lowest BCUT2D eigenvalue weighted by molar-refractivity contribution is 0.0906. The number of amides is 1. The molecule has 1 aromatic carbocycles. The van der Waals surface area contributed by atoms with Gasteiger partial charge in [0.2, 0.25) is 0 Å². The summed E-state index contributed by atoms with van der Waals surface area (Å²) in [6, 6.07) is 7.49. The average Bonchev–Trinajstić information content (AvgIpc) is 3.13. The fraction of sp³-hybridized carbons (Fsp3) is 0.545. The van der Waals surface area contributed by atoms with Crippen LogP contribution in [0, 0.1) is 0 Å². The first-order valence-electron chi connectivity index (χ1n) is 10.5. The average molecular weight is 399 g/mol. The van der Waals surface area contributed by atoms with Crippen molar-refractivity contribution in [1.29, 1.82) is 0 Å². The van der Waals surface area contributed by atoms with E-state index < -0.39 is 0 Å². The van der Waals surface area contributed by atoms with Crippen LogP contribution >= 0.6 is 0 Å². The number of carbonyl (C=O) groups is 1. The number of nitrogens with one attached hydrogen (secondary N) is 1. The molecule has 3 heterocycles. The van der Waals surface area contributed by atoms with E-state index in [1.165, 1.54) is 11.3 Å². The molecule has 0 bridgehead atoms. The molecule has 2 aliphatic rings. The zero-order valence-electron chi connectivity index (χ0n) is 17.3. The van der Waals surface area contributed by atoms with E-state index in [1.54, 1.807) is 13.2 Å². The van der Waals surface area contributed by atoms with E-state index >= 15 is 0 Å². The van der Waals surface area contributed by atoms with Gasteiger partial charge in [-0.3, -0.25) is 14.4 Å². The molecule has 0 spiro atoms. The van der Waals surface area contributed by atoms with Crippen LogP contribution in [0.25, 0.3) is 0 Å². The van der Waals surface area contributed by atoms with Crippen LogP contribution in [-0.2, 0) is 30.9 Å². The molecule has 0 atom stereocenters. The summed E-state index contributed by atoms with van der Waals surface area (Å²) in [7, 11) is 1.61. The largest absolute Gasteiger partial charge is 0.497 e. The van der Waals surface area contributed by atoms with Crippen molar-refractivity contribution in [3.63, 3.8) is 0 Å². The molecule has 1 aromatic heterocycles. The molecule has 156 valence electrons. The van der Waals surface area contributed by atoms with Gasteiger partial charge in [0, 0.05) is 55.5 Å². The van der Waals surface area contributed by atoms with E-state index in [-0.39, 0.29) is 11.9 Å². The van der Waals surface area contributed by atoms with Crippen LogP contribution in [0.4, 0.5) is 0 Å². The molecule has 0 saturated carbocycles. The van der Waals surface area contributed by atoms with Gasteiger partial charge in [-0.15, -0.1) is 0 Å². The molecule has 0 aliphatic carbocycles. The van der Waals surface area contributed by atoms with E-state index in [0.29, 0.717) is 17.9 Å². The first kappa shape index (κ1) is 19.9. The molecular formula is C22H30N4O3. The Morgan fingerprint density at radius 2 is 2.17 bits per heavy atom. The summed E-state index contributed by atoms with van der Waals surface area (Å²) in [6.07, 6.45) is 2.85. The van der Waals surface area contributed by atoms with Gasteiger partial charge >= 0.3 is 0 Å². The summed E-state index contributed by atoms with van der Waals surface area (Å²) in [5, 5.41) is 8.01.